The normalized spacial score (nSPS) is 10.2. The molecule has 0 amide bonds. The molecule has 1 rings (SSSR count). The van der Waals surface area contributed by atoms with Crippen LogP contribution in [0.15, 0.2) is 29.4 Å². The third-order valence-corrected chi connectivity index (χ3v) is 1.74. The summed E-state index contributed by atoms with van der Waals surface area (Å²) >= 11 is 0. The van der Waals surface area contributed by atoms with Crippen LogP contribution in [-0.4, -0.2) is 11.7 Å². The molecule has 0 unspecified atom stereocenters. The number of hydrogen-bond acceptors (Lipinski definition) is 2. The molecule has 1 aromatic carbocycles. The molecule has 0 bridgehead atoms. The van der Waals surface area contributed by atoms with Gasteiger partial charge in [-0.1, -0.05) is 23.3 Å². The van der Waals surface area contributed by atoms with Crippen molar-refractivity contribution in [1.82, 2.24) is 0 Å². The first-order valence-electron chi connectivity index (χ1n) is 4.40. The van der Waals surface area contributed by atoms with Crippen molar-refractivity contribution in [3.8, 4) is 5.75 Å². The van der Waals surface area contributed by atoms with Gasteiger partial charge >= 0.3 is 0 Å². The van der Waals surface area contributed by atoms with Gasteiger partial charge in [0.25, 0.3) is 0 Å². The van der Waals surface area contributed by atoms with E-state index in [4.69, 9.17) is 10.6 Å². The Morgan fingerprint density at radius 2 is 2.33 bits per heavy atom. The molecule has 0 aliphatic heterocycles. The summed E-state index contributed by atoms with van der Waals surface area (Å²) < 4.78 is 12.7. The van der Waals surface area contributed by atoms with Gasteiger partial charge in [-0.05, 0) is 29.6 Å². The Balaban J connectivity index is 2.56. The van der Waals surface area contributed by atoms with E-state index in [2.05, 4.69) is 10.0 Å². The third kappa shape index (κ3) is 3.70. The summed E-state index contributed by atoms with van der Waals surface area (Å²) in [6, 6.07) is 4.08. The molecule has 78 valence electrons. The zero-order valence-electron chi connectivity index (χ0n) is 7.97. The first-order chi connectivity index (χ1) is 7.24. The van der Waals surface area contributed by atoms with Crippen molar-refractivity contribution in [1.29, 1.82) is 0 Å². The Morgan fingerprint density at radius 3 is 3.00 bits per heavy atom. The van der Waals surface area contributed by atoms with Crippen LogP contribution in [0.5, 0.6) is 5.75 Å². The van der Waals surface area contributed by atoms with Gasteiger partial charge in [0.1, 0.15) is 0 Å². The average molecular weight is 207 g/mol. The van der Waals surface area contributed by atoms with Crippen LogP contribution in [0.2, 0.25) is 0 Å². The molecule has 0 aliphatic rings. The van der Waals surface area contributed by atoms with Gasteiger partial charge in [-0.2, -0.15) is 0 Å². The summed E-state index contributed by atoms with van der Waals surface area (Å²) in [5, 5.41) is 12.4. The highest BCUT2D eigenvalue weighted by molar-refractivity contribution is 5.51. The van der Waals surface area contributed by atoms with Crippen molar-refractivity contribution in [2.24, 2.45) is 5.11 Å². The zero-order chi connectivity index (χ0) is 11.1. The highest BCUT2D eigenvalue weighted by atomic mass is 19.1. The molecule has 0 saturated carbocycles. The van der Waals surface area contributed by atoms with Crippen LogP contribution in [-0.2, 0) is 0 Å². The van der Waals surface area contributed by atoms with Gasteiger partial charge in [-0.3, -0.25) is 0 Å². The van der Waals surface area contributed by atoms with E-state index in [0.717, 1.165) is 0 Å². The fourth-order valence-electron chi connectivity index (χ4n) is 1.03. The number of phenols is 1. The fourth-order valence-corrected chi connectivity index (χ4v) is 1.03. The lowest BCUT2D eigenvalue weighted by Gasteiger charge is -1.96. The maximum absolute atomic E-state index is 12.7. The second-order valence-electron chi connectivity index (χ2n) is 2.86. The quantitative estimate of drug-likeness (QED) is 0.350. The number of nitrogens with zero attached hydrogens (tertiary/aromatic N) is 3. The van der Waals surface area contributed by atoms with Gasteiger partial charge in [-0.25, -0.2) is 4.39 Å². The number of halogens is 1. The molecule has 0 aliphatic carbocycles. The van der Waals surface area contributed by atoms with Crippen LogP contribution < -0.4 is 0 Å². The topological polar surface area (TPSA) is 69.0 Å². The minimum absolute atomic E-state index is 0.368. The predicted octanol–water partition coefficient (Wildman–Crippen LogP) is 3.24. The van der Waals surface area contributed by atoms with Crippen LogP contribution in [0.1, 0.15) is 12.0 Å². The average Bonchev–Trinajstić information content (AvgIpc) is 2.23. The van der Waals surface area contributed by atoms with Crippen molar-refractivity contribution < 1.29 is 9.50 Å². The molecule has 0 radical (unpaired) electrons. The summed E-state index contributed by atoms with van der Waals surface area (Å²) in [6.45, 7) is 0.389. The molecule has 1 aromatic rings. The van der Waals surface area contributed by atoms with Gasteiger partial charge in [-0.15, -0.1) is 0 Å². The lowest BCUT2D eigenvalue weighted by molar-refractivity contribution is 0.432. The Kier molecular flexibility index (Phi) is 4.19. The molecule has 0 heterocycles. The number of benzene rings is 1. The maximum Gasteiger partial charge on any atom is 0.164 e. The van der Waals surface area contributed by atoms with Gasteiger partial charge < -0.3 is 5.11 Å². The highest BCUT2D eigenvalue weighted by Crippen LogP contribution is 2.17. The molecule has 4 nitrogen and oxygen atoms in total. The van der Waals surface area contributed by atoms with Crippen molar-refractivity contribution in [3.63, 3.8) is 0 Å². The smallest absolute Gasteiger partial charge is 0.164 e. The molecular formula is C10H10FN3O. The molecule has 0 atom stereocenters. The molecule has 15 heavy (non-hydrogen) atoms. The molecule has 5 heteroatoms. The summed E-state index contributed by atoms with van der Waals surface area (Å²) in [4.78, 5) is 2.61. The molecule has 0 fully saturated rings. The Morgan fingerprint density at radius 1 is 1.53 bits per heavy atom. The van der Waals surface area contributed by atoms with E-state index < -0.39 is 5.82 Å². The Hall–Kier alpha value is -2.00. The van der Waals surface area contributed by atoms with E-state index in [1.165, 1.54) is 12.1 Å². The summed E-state index contributed by atoms with van der Waals surface area (Å²) in [5.41, 5.74) is 8.71. The standard InChI is InChI=1S/C10H10FN3O/c11-9-5-4-8(7-10(9)15)3-1-2-6-13-14-12/h1,3-5,7,15H,2,6H2. The van der Waals surface area contributed by atoms with E-state index in [1.807, 2.05) is 0 Å². The summed E-state index contributed by atoms with van der Waals surface area (Å²) in [6.07, 6.45) is 4.13. The van der Waals surface area contributed by atoms with Crippen molar-refractivity contribution >= 4 is 6.08 Å². The van der Waals surface area contributed by atoms with Crippen molar-refractivity contribution in [3.05, 3.63) is 46.1 Å². The Labute approximate surface area is 86.3 Å². The van der Waals surface area contributed by atoms with Crippen molar-refractivity contribution in [2.45, 2.75) is 6.42 Å². The van der Waals surface area contributed by atoms with Crippen LogP contribution >= 0.6 is 0 Å². The van der Waals surface area contributed by atoms with Crippen LogP contribution in [0, 0.1) is 5.82 Å². The van der Waals surface area contributed by atoms with Gasteiger partial charge in [0, 0.05) is 11.5 Å². The Bertz CT molecular complexity index is 411. The van der Waals surface area contributed by atoms with E-state index >= 15 is 0 Å². The van der Waals surface area contributed by atoms with E-state index in [0.29, 0.717) is 18.5 Å². The van der Waals surface area contributed by atoms with Crippen LogP contribution in [0.3, 0.4) is 0 Å². The van der Waals surface area contributed by atoms with Crippen LogP contribution in [0.25, 0.3) is 16.5 Å². The number of hydrogen-bond donors (Lipinski definition) is 1. The lowest BCUT2D eigenvalue weighted by atomic mass is 10.2. The molecular weight excluding hydrogens is 197 g/mol. The fraction of sp³-hybridized carbons (Fsp3) is 0.200. The SMILES string of the molecule is [N-]=[N+]=NCCC=Cc1ccc(F)c(O)c1. The second-order valence-corrected chi connectivity index (χ2v) is 2.86. The largest absolute Gasteiger partial charge is 0.505 e. The van der Waals surface area contributed by atoms with Gasteiger partial charge in [0.2, 0.25) is 0 Å². The van der Waals surface area contributed by atoms with Gasteiger partial charge in [0.05, 0.1) is 0 Å². The van der Waals surface area contributed by atoms with E-state index in [-0.39, 0.29) is 5.75 Å². The summed E-state index contributed by atoms with van der Waals surface area (Å²) in [5.74, 6) is -1.01. The summed E-state index contributed by atoms with van der Waals surface area (Å²) in [7, 11) is 0. The minimum atomic E-state index is -0.638. The first-order valence-corrected chi connectivity index (χ1v) is 4.40. The molecule has 0 saturated heterocycles. The molecule has 0 spiro atoms. The maximum atomic E-state index is 12.7. The number of azide groups is 1. The monoisotopic (exact) mass is 207 g/mol. The number of phenolic OH excluding ortho intramolecular Hbond substituents is 1. The predicted molar refractivity (Wildman–Crippen MR) is 55.7 cm³/mol. The van der Waals surface area contributed by atoms with E-state index in [1.54, 1.807) is 18.2 Å². The van der Waals surface area contributed by atoms with E-state index in [9.17, 15) is 4.39 Å². The zero-order valence-corrected chi connectivity index (χ0v) is 7.97. The number of rotatable bonds is 4. The second kappa shape index (κ2) is 5.67. The molecule has 1 N–H and O–H groups in total. The number of aromatic hydroxyl groups is 1. The first kappa shape index (κ1) is 11.1. The highest BCUT2D eigenvalue weighted by Gasteiger charge is 1.98. The van der Waals surface area contributed by atoms with Crippen LogP contribution in [0.4, 0.5) is 4.39 Å². The molecule has 0 aromatic heterocycles. The van der Waals surface area contributed by atoms with Crippen molar-refractivity contribution in [2.75, 3.05) is 6.54 Å². The van der Waals surface area contributed by atoms with Gasteiger partial charge in [0.15, 0.2) is 11.6 Å². The third-order valence-electron chi connectivity index (χ3n) is 1.74. The minimum Gasteiger partial charge on any atom is -0.505 e. The lowest BCUT2D eigenvalue weighted by Crippen LogP contribution is -1.78.